The second kappa shape index (κ2) is 7.04. The number of rotatable bonds is 8. The average Bonchev–Trinajstić information content (AvgIpc) is 2.85. The third-order valence-corrected chi connectivity index (χ3v) is 3.30. The van der Waals surface area contributed by atoms with Gasteiger partial charge in [-0.1, -0.05) is 39.0 Å². The van der Waals surface area contributed by atoms with Gasteiger partial charge in [0.25, 0.3) is 0 Å². The minimum absolute atomic E-state index is 1.06. The van der Waals surface area contributed by atoms with Crippen LogP contribution in [0.15, 0.2) is 24.4 Å². The molecule has 18 heavy (non-hydrogen) atoms. The summed E-state index contributed by atoms with van der Waals surface area (Å²) >= 11 is 0. The van der Waals surface area contributed by atoms with Crippen molar-refractivity contribution in [1.29, 1.82) is 0 Å². The molecule has 0 saturated carbocycles. The predicted molar refractivity (Wildman–Crippen MR) is 78.0 cm³/mol. The quantitative estimate of drug-likeness (QED) is 0.679. The Morgan fingerprint density at radius 1 is 1.11 bits per heavy atom. The van der Waals surface area contributed by atoms with Crippen LogP contribution < -0.4 is 5.32 Å². The van der Waals surface area contributed by atoms with Crippen LogP contribution in [-0.2, 0) is 0 Å². The van der Waals surface area contributed by atoms with E-state index in [2.05, 4.69) is 40.6 Å². The number of hydrogen-bond donors (Lipinski definition) is 2. The highest BCUT2D eigenvalue weighted by molar-refractivity contribution is 5.81. The summed E-state index contributed by atoms with van der Waals surface area (Å²) in [6, 6.07) is 6.33. The lowest BCUT2D eigenvalue weighted by Gasteiger charge is -2.06. The Hall–Kier alpha value is -1.51. The van der Waals surface area contributed by atoms with Gasteiger partial charge in [-0.15, -0.1) is 0 Å². The van der Waals surface area contributed by atoms with Crippen LogP contribution in [0.25, 0.3) is 10.9 Å². The van der Waals surface area contributed by atoms with Crippen LogP contribution in [-0.4, -0.2) is 16.7 Å². The lowest BCUT2D eigenvalue weighted by Crippen LogP contribution is -2.01. The van der Waals surface area contributed by atoms with Crippen molar-refractivity contribution in [1.82, 2.24) is 10.2 Å². The molecule has 0 aliphatic heterocycles. The predicted octanol–water partition coefficient (Wildman–Crippen LogP) is 4.34. The van der Waals surface area contributed by atoms with Gasteiger partial charge in [0.05, 0.1) is 11.7 Å². The van der Waals surface area contributed by atoms with E-state index in [0.717, 1.165) is 12.1 Å². The second-order valence-corrected chi connectivity index (χ2v) is 4.87. The number of nitrogens with zero attached hydrogens (tertiary/aromatic N) is 1. The van der Waals surface area contributed by atoms with Crippen LogP contribution in [0.2, 0.25) is 0 Å². The van der Waals surface area contributed by atoms with Crippen LogP contribution in [0.5, 0.6) is 0 Å². The lowest BCUT2D eigenvalue weighted by atomic mass is 10.1. The molecule has 0 aliphatic rings. The van der Waals surface area contributed by atoms with E-state index in [1.54, 1.807) is 0 Å². The Morgan fingerprint density at radius 3 is 2.83 bits per heavy atom. The summed E-state index contributed by atoms with van der Waals surface area (Å²) < 4.78 is 0. The van der Waals surface area contributed by atoms with E-state index in [1.165, 1.54) is 49.6 Å². The number of benzene rings is 1. The van der Waals surface area contributed by atoms with Crippen molar-refractivity contribution in [2.24, 2.45) is 0 Å². The van der Waals surface area contributed by atoms with E-state index >= 15 is 0 Å². The van der Waals surface area contributed by atoms with Crippen LogP contribution in [0.1, 0.15) is 45.4 Å². The summed E-state index contributed by atoms with van der Waals surface area (Å²) in [6.45, 7) is 3.32. The molecule has 0 amide bonds. The minimum Gasteiger partial charge on any atom is -0.385 e. The molecule has 2 aromatic rings. The SMILES string of the molecule is CCCCCCCCNc1ccc2[nH]ncc2c1. The van der Waals surface area contributed by atoms with Gasteiger partial charge in [0.2, 0.25) is 0 Å². The van der Waals surface area contributed by atoms with E-state index in [9.17, 15) is 0 Å². The normalized spacial score (nSPS) is 10.9. The topological polar surface area (TPSA) is 40.7 Å². The molecular formula is C15H23N3. The number of aromatic nitrogens is 2. The molecule has 1 aromatic heterocycles. The molecule has 0 radical (unpaired) electrons. The summed E-state index contributed by atoms with van der Waals surface area (Å²) in [4.78, 5) is 0. The zero-order chi connectivity index (χ0) is 12.6. The first-order valence-electron chi connectivity index (χ1n) is 7.07. The van der Waals surface area contributed by atoms with Gasteiger partial charge in [-0.25, -0.2) is 0 Å². The Kier molecular flexibility index (Phi) is 5.06. The van der Waals surface area contributed by atoms with Crippen molar-refractivity contribution >= 4 is 16.6 Å². The Morgan fingerprint density at radius 2 is 1.94 bits per heavy atom. The van der Waals surface area contributed by atoms with Crippen molar-refractivity contribution < 1.29 is 0 Å². The molecule has 2 rings (SSSR count). The van der Waals surface area contributed by atoms with Gasteiger partial charge in [0, 0.05) is 17.6 Å². The van der Waals surface area contributed by atoms with E-state index in [4.69, 9.17) is 0 Å². The van der Waals surface area contributed by atoms with Crippen molar-refractivity contribution in [2.45, 2.75) is 45.4 Å². The smallest absolute Gasteiger partial charge is 0.0651 e. The number of hydrogen-bond acceptors (Lipinski definition) is 2. The number of H-pyrrole nitrogens is 1. The Labute approximate surface area is 109 Å². The van der Waals surface area contributed by atoms with Gasteiger partial charge in [0.15, 0.2) is 0 Å². The summed E-state index contributed by atoms with van der Waals surface area (Å²) in [7, 11) is 0. The maximum Gasteiger partial charge on any atom is 0.0651 e. The monoisotopic (exact) mass is 245 g/mol. The molecule has 3 heteroatoms. The number of unbranched alkanes of at least 4 members (excludes halogenated alkanes) is 5. The third kappa shape index (κ3) is 3.76. The van der Waals surface area contributed by atoms with Crippen LogP contribution in [0.3, 0.4) is 0 Å². The molecule has 2 N–H and O–H groups in total. The average molecular weight is 245 g/mol. The summed E-state index contributed by atoms with van der Waals surface area (Å²) in [6.07, 6.45) is 9.92. The molecule has 0 atom stereocenters. The highest BCUT2D eigenvalue weighted by Crippen LogP contribution is 2.16. The summed E-state index contributed by atoms with van der Waals surface area (Å²) in [5.74, 6) is 0. The molecule has 0 saturated heterocycles. The molecule has 0 bridgehead atoms. The van der Waals surface area contributed by atoms with Crippen LogP contribution >= 0.6 is 0 Å². The molecule has 1 heterocycles. The highest BCUT2D eigenvalue weighted by Gasteiger charge is 1.97. The second-order valence-electron chi connectivity index (χ2n) is 4.87. The first-order valence-corrected chi connectivity index (χ1v) is 7.07. The van der Waals surface area contributed by atoms with Crippen molar-refractivity contribution in [3.63, 3.8) is 0 Å². The first kappa shape index (κ1) is 12.9. The number of nitrogens with one attached hydrogen (secondary N) is 2. The molecular weight excluding hydrogens is 222 g/mol. The molecule has 98 valence electrons. The van der Waals surface area contributed by atoms with Crippen molar-refractivity contribution in [3.05, 3.63) is 24.4 Å². The van der Waals surface area contributed by atoms with E-state index in [0.29, 0.717) is 0 Å². The summed E-state index contributed by atoms with van der Waals surface area (Å²) in [5.41, 5.74) is 2.29. The van der Waals surface area contributed by atoms with Gasteiger partial charge in [-0.05, 0) is 24.6 Å². The summed E-state index contributed by atoms with van der Waals surface area (Å²) in [5, 5.41) is 11.6. The van der Waals surface area contributed by atoms with Crippen molar-refractivity contribution in [3.8, 4) is 0 Å². The fourth-order valence-electron chi connectivity index (χ4n) is 2.19. The van der Waals surface area contributed by atoms with Crippen LogP contribution in [0, 0.1) is 0 Å². The zero-order valence-corrected chi connectivity index (χ0v) is 11.2. The molecule has 0 unspecified atom stereocenters. The fraction of sp³-hybridized carbons (Fsp3) is 0.533. The lowest BCUT2D eigenvalue weighted by molar-refractivity contribution is 0.617. The first-order chi connectivity index (χ1) is 8.90. The number of aromatic amines is 1. The van der Waals surface area contributed by atoms with E-state index in [1.807, 2.05) is 6.20 Å². The van der Waals surface area contributed by atoms with E-state index in [-0.39, 0.29) is 0 Å². The Balaban J connectivity index is 1.67. The molecule has 0 fully saturated rings. The number of fused-ring (bicyclic) bond motifs is 1. The van der Waals surface area contributed by atoms with Crippen molar-refractivity contribution in [2.75, 3.05) is 11.9 Å². The maximum atomic E-state index is 4.03. The third-order valence-electron chi connectivity index (χ3n) is 3.30. The number of anilines is 1. The Bertz CT molecular complexity index is 461. The van der Waals surface area contributed by atoms with Gasteiger partial charge in [-0.2, -0.15) is 5.10 Å². The van der Waals surface area contributed by atoms with Gasteiger partial charge in [0.1, 0.15) is 0 Å². The largest absolute Gasteiger partial charge is 0.385 e. The molecule has 0 aliphatic carbocycles. The standard InChI is InChI=1S/C15H23N3/c1-2-3-4-5-6-7-10-16-14-8-9-15-13(11-14)12-17-18-15/h8-9,11-12,16H,2-7,10H2,1H3,(H,17,18). The van der Waals surface area contributed by atoms with Gasteiger partial charge in [-0.3, -0.25) is 5.10 Å². The molecule has 0 spiro atoms. The zero-order valence-electron chi connectivity index (χ0n) is 11.2. The molecule has 3 nitrogen and oxygen atoms in total. The highest BCUT2D eigenvalue weighted by atomic mass is 15.1. The van der Waals surface area contributed by atoms with Crippen LogP contribution in [0.4, 0.5) is 5.69 Å². The van der Waals surface area contributed by atoms with Gasteiger partial charge < -0.3 is 5.32 Å². The minimum atomic E-state index is 1.06. The van der Waals surface area contributed by atoms with E-state index < -0.39 is 0 Å². The van der Waals surface area contributed by atoms with Gasteiger partial charge >= 0.3 is 0 Å². The maximum absolute atomic E-state index is 4.03. The molecule has 1 aromatic carbocycles. The fourth-order valence-corrected chi connectivity index (χ4v) is 2.19.